The first-order chi connectivity index (χ1) is 11.5. The Morgan fingerprint density at radius 1 is 1.38 bits per heavy atom. The molecule has 1 unspecified atom stereocenters. The summed E-state index contributed by atoms with van der Waals surface area (Å²) >= 11 is 2.10. The minimum absolute atomic E-state index is 0.0823. The van der Waals surface area contributed by atoms with E-state index in [9.17, 15) is 9.18 Å². The highest BCUT2D eigenvalue weighted by Crippen LogP contribution is 2.35. The molecule has 6 heteroatoms. The van der Waals surface area contributed by atoms with Gasteiger partial charge in [0.25, 0.3) is 0 Å². The Hall–Kier alpha value is -1.85. The maximum absolute atomic E-state index is 14.5. The molecule has 0 heterocycles. The van der Waals surface area contributed by atoms with Crippen molar-refractivity contribution in [2.24, 2.45) is 0 Å². The highest BCUT2D eigenvalue weighted by molar-refractivity contribution is 14.1. The van der Waals surface area contributed by atoms with Gasteiger partial charge in [0, 0.05) is 21.6 Å². The SMILES string of the molecule is C#CC(CC(=O)OC)c1c(F)ccc2cc(OCOC)cc(I)c12. The average molecular weight is 442 g/mol. The zero-order valence-electron chi connectivity index (χ0n) is 13.3. The van der Waals surface area contributed by atoms with E-state index in [0.717, 1.165) is 8.96 Å². The summed E-state index contributed by atoms with van der Waals surface area (Å²) in [5, 5.41) is 1.45. The molecule has 2 rings (SSSR count). The summed E-state index contributed by atoms with van der Waals surface area (Å²) in [4.78, 5) is 11.6. The van der Waals surface area contributed by atoms with Gasteiger partial charge in [0.1, 0.15) is 11.6 Å². The molecule has 2 aromatic rings. The van der Waals surface area contributed by atoms with Crippen molar-refractivity contribution in [3.63, 3.8) is 0 Å². The zero-order valence-corrected chi connectivity index (χ0v) is 15.4. The lowest BCUT2D eigenvalue weighted by Gasteiger charge is -2.16. The zero-order chi connectivity index (χ0) is 17.7. The maximum Gasteiger partial charge on any atom is 0.307 e. The van der Waals surface area contributed by atoms with Crippen LogP contribution in [0, 0.1) is 21.7 Å². The van der Waals surface area contributed by atoms with Crippen molar-refractivity contribution in [2.75, 3.05) is 21.0 Å². The largest absolute Gasteiger partial charge is 0.469 e. The van der Waals surface area contributed by atoms with Crippen LogP contribution in [0.4, 0.5) is 4.39 Å². The van der Waals surface area contributed by atoms with Crippen molar-refractivity contribution < 1.29 is 23.4 Å². The summed E-state index contributed by atoms with van der Waals surface area (Å²) in [5.41, 5.74) is 0.322. The molecule has 0 bridgehead atoms. The molecule has 0 spiro atoms. The van der Waals surface area contributed by atoms with Gasteiger partial charge in [-0.15, -0.1) is 6.42 Å². The fraction of sp³-hybridized carbons (Fsp3) is 0.278. The molecule has 0 aliphatic carbocycles. The molecular formula is C18H16FIO4. The standard InChI is InChI=1S/C18H16FIO4/c1-4-11(8-16(21)23-3)17-14(19)6-5-12-7-13(24-10-22-2)9-15(20)18(12)17/h1,5-7,9,11H,8,10H2,2-3H3. The number of ether oxygens (including phenoxy) is 3. The first kappa shape index (κ1) is 18.5. The number of benzene rings is 2. The number of methoxy groups -OCH3 is 2. The van der Waals surface area contributed by atoms with Crippen molar-refractivity contribution in [1.29, 1.82) is 0 Å². The smallest absolute Gasteiger partial charge is 0.307 e. The lowest BCUT2D eigenvalue weighted by atomic mass is 9.91. The third kappa shape index (κ3) is 3.97. The fourth-order valence-electron chi connectivity index (χ4n) is 2.44. The van der Waals surface area contributed by atoms with Crippen LogP contribution in [0.25, 0.3) is 10.8 Å². The Kier molecular flexibility index (Phi) is 6.40. The molecule has 0 amide bonds. The molecule has 0 aromatic heterocycles. The van der Waals surface area contributed by atoms with Gasteiger partial charge in [0.15, 0.2) is 6.79 Å². The van der Waals surface area contributed by atoms with E-state index in [4.69, 9.17) is 15.9 Å². The second kappa shape index (κ2) is 8.31. The van der Waals surface area contributed by atoms with Crippen LogP contribution < -0.4 is 4.74 Å². The molecule has 0 N–H and O–H groups in total. The molecule has 2 aromatic carbocycles. The predicted octanol–water partition coefficient (Wildman–Crippen LogP) is 3.85. The summed E-state index contributed by atoms with van der Waals surface area (Å²) in [7, 11) is 2.81. The van der Waals surface area contributed by atoms with Crippen LogP contribution in [0.3, 0.4) is 0 Å². The van der Waals surface area contributed by atoms with Gasteiger partial charge in [-0.05, 0) is 46.2 Å². The summed E-state index contributed by atoms with van der Waals surface area (Å²) in [6, 6.07) is 6.55. The van der Waals surface area contributed by atoms with E-state index in [1.807, 2.05) is 0 Å². The monoisotopic (exact) mass is 442 g/mol. The fourth-order valence-corrected chi connectivity index (χ4v) is 3.34. The molecule has 4 nitrogen and oxygen atoms in total. The summed E-state index contributed by atoms with van der Waals surface area (Å²) in [6.07, 6.45) is 5.46. The second-order valence-electron chi connectivity index (χ2n) is 5.01. The third-order valence-corrected chi connectivity index (χ3v) is 4.37. The lowest BCUT2D eigenvalue weighted by Crippen LogP contribution is -2.10. The van der Waals surface area contributed by atoms with Crippen LogP contribution in [-0.2, 0) is 14.3 Å². The number of hydrogen-bond donors (Lipinski definition) is 0. The summed E-state index contributed by atoms with van der Waals surface area (Å²) < 4.78 is 30.3. The molecule has 126 valence electrons. The normalized spacial score (nSPS) is 11.8. The van der Waals surface area contributed by atoms with E-state index in [0.29, 0.717) is 16.7 Å². The van der Waals surface area contributed by atoms with E-state index in [-0.39, 0.29) is 13.2 Å². The molecule has 0 radical (unpaired) electrons. The van der Waals surface area contributed by atoms with Crippen molar-refractivity contribution in [3.8, 4) is 18.1 Å². The first-order valence-corrected chi connectivity index (χ1v) is 8.16. The number of carbonyl (C=O) groups is 1. The topological polar surface area (TPSA) is 44.8 Å². The Morgan fingerprint density at radius 3 is 2.75 bits per heavy atom. The minimum Gasteiger partial charge on any atom is -0.469 e. The highest BCUT2D eigenvalue weighted by Gasteiger charge is 2.22. The molecule has 1 atom stereocenters. The lowest BCUT2D eigenvalue weighted by molar-refractivity contribution is -0.140. The number of esters is 1. The van der Waals surface area contributed by atoms with Gasteiger partial charge in [0.05, 0.1) is 19.4 Å². The maximum atomic E-state index is 14.5. The number of fused-ring (bicyclic) bond motifs is 1. The molecule has 0 aliphatic rings. The van der Waals surface area contributed by atoms with Gasteiger partial charge in [-0.25, -0.2) is 4.39 Å². The van der Waals surface area contributed by atoms with E-state index in [2.05, 4.69) is 33.2 Å². The van der Waals surface area contributed by atoms with Gasteiger partial charge < -0.3 is 14.2 Å². The van der Waals surface area contributed by atoms with E-state index < -0.39 is 17.7 Å². The van der Waals surface area contributed by atoms with Crippen molar-refractivity contribution in [2.45, 2.75) is 12.3 Å². The number of hydrogen-bond acceptors (Lipinski definition) is 4. The Bertz CT molecular complexity index is 798. The van der Waals surface area contributed by atoms with Gasteiger partial charge in [-0.1, -0.05) is 12.0 Å². The van der Waals surface area contributed by atoms with E-state index in [1.54, 1.807) is 18.2 Å². The van der Waals surface area contributed by atoms with Crippen LogP contribution in [0.1, 0.15) is 17.9 Å². The Morgan fingerprint density at radius 2 is 2.12 bits per heavy atom. The number of rotatable bonds is 6. The van der Waals surface area contributed by atoms with Gasteiger partial charge in [0.2, 0.25) is 0 Å². The second-order valence-corrected chi connectivity index (χ2v) is 6.18. The molecule has 0 fully saturated rings. The Labute approximate surface area is 153 Å². The van der Waals surface area contributed by atoms with Gasteiger partial charge in [-0.2, -0.15) is 0 Å². The van der Waals surface area contributed by atoms with Crippen LogP contribution in [0.15, 0.2) is 24.3 Å². The van der Waals surface area contributed by atoms with Crippen molar-refractivity contribution in [1.82, 2.24) is 0 Å². The summed E-state index contributed by atoms with van der Waals surface area (Å²) in [5.74, 6) is 1.47. The quantitative estimate of drug-likeness (QED) is 0.295. The predicted molar refractivity (Wildman–Crippen MR) is 97.3 cm³/mol. The summed E-state index contributed by atoms with van der Waals surface area (Å²) in [6.45, 7) is 0.116. The Balaban J connectivity index is 2.58. The van der Waals surface area contributed by atoms with Crippen LogP contribution in [-0.4, -0.2) is 27.0 Å². The average Bonchev–Trinajstić information content (AvgIpc) is 2.58. The van der Waals surface area contributed by atoms with Crippen molar-refractivity contribution >= 4 is 39.3 Å². The van der Waals surface area contributed by atoms with Gasteiger partial charge >= 0.3 is 5.97 Å². The third-order valence-electron chi connectivity index (χ3n) is 3.52. The highest BCUT2D eigenvalue weighted by atomic mass is 127. The van der Waals surface area contributed by atoms with E-state index >= 15 is 0 Å². The molecule has 0 aliphatic heterocycles. The number of carbonyl (C=O) groups excluding carboxylic acids is 1. The number of halogens is 2. The van der Waals surface area contributed by atoms with Crippen LogP contribution in [0.2, 0.25) is 0 Å². The first-order valence-electron chi connectivity index (χ1n) is 7.08. The molecule has 0 saturated carbocycles. The van der Waals surface area contributed by atoms with Crippen molar-refractivity contribution in [3.05, 3.63) is 39.2 Å². The molecular weight excluding hydrogens is 426 g/mol. The number of terminal acetylenes is 1. The molecule has 0 saturated heterocycles. The minimum atomic E-state index is -0.708. The molecule has 24 heavy (non-hydrogen) atoms. The van der Waals surface area contributed by atoms with Crippen LogP contribution in [0.5, 0.6) is 5.75 Å². The van der Waals surface area contributed by atoms with Crippen LogP contribution >= 0.6 is 22.6 Å². The van der Waals surface area contributed by atoms with E-state index in [1.165, 1.54) is 20.3 Å². The van der Waals surface area contributed by atoms with Gasteiger partial charge in [-0.3, -0.25) is 4.79 Å².